The van der Waals surface area contributed by atoms with Crippen molar-refractivity contribution in [2.75, 3.05) is 11.9 Å². The molecule has 0 aromatic heterocycles. The molecule has 8 nitrogen and oxygen atoms in total. The van der Waals surface area contributed by atoms with Gasteiger partial charge in [-0.15, -0.1) is 6.58 Å². The summed E-state index contributed by atoms with van der Waals surface area (Å²) in [6.45, 7) is 8.84. The van der Waals surface area contributed by atoms with Crippen LogP contribution >= 0.6 is 0 Å². The molecule has 1 amide bonds. The van der Waals surface area contributed by atoms with Crippen molar-refractivity contribution in [1.82, 2.24) is 9.44 Å². The Hall–Kier alpha value is -2.53. The maximum absolute atomic E-state index is 12.4. The molecule has 0 aliphatic carbocycles. The molecule has 0 bridgehead atoms. The quantitative estimate of drug-likeness (QED) is 0.492. The Balaban J connectivity index is 2.04. The number of amides is 1. The molecule has 3 N–H and O–H groups in total. The van der Waals surface area contributed by atoms with Crippen LogP contribution in [0.2, 0.25) is 0 Å². The highest BCUT2D eigenvalue weighted by atomic mass is 32.2. The van der Waals surface area contributed by atoms with Gasteiger partial charge in [-0.05, 0) is 62.7 Å². The molecule has 168 valence electrons. The van der Waals surface area contributed by atoms with Gasteiger partial charge in [0.05, 0.1) is 10.6 Å². The molecule has 0 radical (unpaired) electrons. The minimum absolute atomic E-state index is 0.0644. The summed E-state index contributed by atoms with van der Waals surface area (Å²) >= 11 is 0. The maximum atomic E-state index is 12.4. The van der Waals surface area contributed by atoms with Gasteiger partial charge in [-0.3, -0.25) is 4.79 Å². The number of rotatable bonds is 9. The number of hydrogen-bond donors (Lipinski definition) is 3. The van der Waals surface area contributed by atoms with Crippen LogP contribution in [0.5, 0.6) is 0 Å². The molecule has 2 aromatic rings. The van der Waals surface area contributed by atoms with Crippen molar-refractivity contribution < 1.29 is 21.6 Å². The van der Waals surface area contributed by atoms with Crippen LogP contribution in [-0.2, 0) is 25.8 Å². The van der Waals surface area contributed by atoms with E-state index < -0.39 is 31.5 Å². The summed E-state index contributed by atoms with van der Waals surface area (Å²) in [6.07, 6.45) is 1.46. The number of carbonyl (C=O) groups excluding carboxylic acids is 1. The van der Waals surface area contributed by atoms with Gasteiger partial charge in [-0.1, -0.05) is 18.2 Å². The van der Waals surface area contributed by atoms with E-state index in [0.29, 0.717) is 11.3 Å². The first-order chi connectivity index (χ1) is 14.3. The lowest BCUT2D eigenvalue weighted by molar-refractivity contribution is 0.102. The van der Waals surface area contributed by atoms with E-state index in [0.717, 1.165) is 0 Å². The molecule has 2 aromatic carbocycles. The average molecular weight is 466 g/mol. The van der Waals surface area contributed by atoms with E-state index in [9.17, 15) is 21.6 Å². The summed E-state index contributed by atoms with van der Waals surface area (Å²) in [5, 5.41) is 2.70. The van der Waals surface area contributed by atoms with Gasteiger partial charge in [-0.2, -0.15) is 0 Å². The zero-order chi connectivity index (χ0) is 23.3. The van der Waals surface area contributed by atoms with Gasteiger partial charge in [0.2, 0.25) is 20.0 Å². The third kappa shape index (κ3) is 7.91. The second-order valence-corrected chi connectivity index (χ2v) is 11.4. The lowest BCUT2D eigenvalue weighted by atomic mass is 10.1. The number of hydrogen-bond acceptors (Lipinski definition) is 5. The second-order valence-electron chi connectivity index (χ2n) is 7.93. The minimum atomic E-state index is -3.69. The molecule has 0 atom stereocenters. The Bertz CT molecular complexity index is 1130. The Labute approximate surface area is 183 Å². The van der Waals surface area contributed by atoms with E-state index in [4.69, 9.17) is 0 Å². The van der Waals surface area contributed by atoms with Crippen LogP contribution in [-0.4, -0.2) is 34.8 Å². The molecule has 0 spiro atoms. The topological polar surface area (TPSA) is 121 Å². The third-order valence-corrected chi connectivity index (χ3v) is 6.98. The molecule has 10 heteroatoms. The van der Waals surface area contributed by atoms with Crippen molar-refractivity contribution in [2.45, 2.75) is 37.0 Å². The van der Waals surface area contributed by atoms with Crippen molar-refractivity contribution in [1.29, 1.82) is 0 Å². The average Bonchev–Trinajstić information content (AvgIpc) is 2.66. The number of anilines is 1. The van der Waals surface area contributed by atoms with Gasteiger partial charge >= 0.3 is 0 Å². The van der Waals surface area contributed by atoms with Crippen molar-refractivity contribution in [2.24, 2.45) is 0 Å². The molecule has 0 saturated heterocycles. The maximum Gasteiger partial charge on any atom is 0.255 e. The molecule has 0 aliphatic rings. The molecule has 0 aliphatic heterocycles. The van der Waals surface area contributed by atoms with Gasteiger partial charge in [0.15, 0.2) is 0 Å². The zero-order valence-electron chi connectivity index (χ0n) is 17.7. The van der Waals surface area contributed by atoms with E-state index in [1.807, 2.05) is 0 Å². The fourth-order valence-corrected chi connectivity index (χ4v) is 5.11. The second kappa shape index (κ2) is 9.73. The molecular weight excluding hydrogens is 438 g/mol. The van der Waals surface area contributed by atoms with E-state index >= 15 is 0 Å². The van der Waals surface area contributed by atoms with E-state index in [-0.39, 0.29) is 22.8 Å². The molecule has 0 heterocycles. The highest BCUT2D eigenvalue weighted by Crippen LogP contribution is 2.16. The predicted molar refractivity (Wildman–Crippen MR) is 122 cm³/mol. The van der Waals surface area contributed by atoms with Gasteiger partial charge < -0.3 is 5.32 Å². The van der Waals surface area contributed by atoms with Gasteiger partial charge in [0.1, 0.15) is 0 Å². The van der Waals surface area contributed by atoms with E-state index in [2.05, 4.69) is 21.3 Å². The van der Waals surface area contributed by atoms with Crippen molar-refractivity contribution in [3.63, 3.8) is 0 Å². The molecule has 0 saturated carbocycles. The highest BCUT2D eigenvalue weighted by Gasteiger charge is 2.22. The van der Waals surface area contributed by atoms with Gasteiger partial charge in [-0.25, -0.2) is 26.3 Å². The molecular formula is C21H27N3O5S2. The van der Waals surface area contributed by atoms with Crippen molar-refractivity contribution in [3.8, 4) is 0 Å². The lowest BCUT2D eigenvalue weighted by Gasteiger charge is -2.20. The molecule has 31 heavy (non-hydrogen) atoms. The first-order valence-corrected chi connectivity index (χ1v) is 12.6. The largest absolute Gasteiger partial charge is 0.322 e. The summed E-state index contributed by atoms with van der Waals surface area (Å²) < 4.78 is 53.4. The highest BCUT2D eigenvalue weighted by molar-refractivity contribution is 7.89. The number of carbonyl (C=O) groups is 1. The van der Waals surface area contributed by atoms with Crippen molar-refractivity contribution in [3.05, 3.63) is 72.3 Å². The minimum Gasteiger partial charge on any atom is -0.322 e. The van der Waals surface area contributed by atoms with E-state index in [1.165, 1.54) is 30.3 Å². The zero-order valence-corrected chi connectivity index (χ0v) is 19.3. The van der Waals surface area contributed by atoms with Crippen LogP contribution in [0.25, 0.3) is 0 Å². The standard InChI is InChI=1S/C21H27N3O5S2/c1-5-14-22-30(26,27)15-16-6-10-18(11-7-16)23-20(25)17-8-12-19(13-9-17)31(28,29)24-21(2,3)4/h5-13,22,24H,1,14-15H2,2-4H3,(H,23,25). The van der Waals surface area contributed by atoms with Gasteiger partial charge in [0.25, 0.3) is 5.91 Å². The molecule has 0 fully saturated rings. The predicted octanol–water partition coefficient (Wildman–Crippen LogP) is 2.62. The normalized spacial score (nSPS) is 12.4. The van der Waals surface area contributed by atoms with Crippen molar-refractivity contribution >= 4 is 31.6 Å². The first kappa shape index (κ1) is 24.7. The first-order valence-electron chi connectivity index (χ1n) is 9.44. The van der Waals surface area contributed by atoms with Crippen LogP contribution in [0.15, 0.2) is 66.1 Å². The monoisotopic (exact) mass is 465 g/mol. The van der Waals surface area contributed by atoms with Crippen LogP contribution in [0.4, 0.5) is 5.69 Å². The number of sulfonamides is 2. The molecule has 2 rings (SSSR count). The fourth-order valence-electron chi connectivity index (χ4n) is 2.59. The third-order valence-electron chi connectivity index (χ3n) is 3.88. The van der Waals surface area contributed by atoms with E-state index in [1.54, 1.807) is 45.0 Å². The summed E-state index contributed by atoms with van der Waals surface area (Å²) in [7, 11) is -7.15. The van der Waals surface area contributed by atoms with Crippen LogP contribution in [0, 0.1) is 0 Å². The van der Waals surface area contributed by atoms with Crippen LogP contribution < -0.4 is 14.8 Å². The SMILES string of the molecule is C=CCNS(=O)(=O)Cc1ccc(NC(=O)c2ccc(S(=O)(=O)NC(C)(C)C)cc2)cc1. The Morgan fingerprint density at radius 2 is 1.55 bits per heavy atom. The fraction of sp³-hybridized carbons (Fsp3) is 0.286. The summed E-state index contributed by atoms with van der Waals surface area (Å²) in [6, 6.07) is 12.0. The van der Waals surface area contributed by atoms with Crippen LogP contribution in [0.1, 0.15) is 36.7 Å². The molecule has 0 unspecified atom stereocenters. The van der Waals surface area contributed by atoms with Gasteiger partial charge in [0, 0.05) is 23.3 Å². The Morgan fingerprint density at radius 3 is 2.06 bits per heavy atom. The summed E-state index contributed by atoms with van der Waals surface area (Å²) in [4.78, 5) is 12.5. The number of nitrogens with one attached hydrogen (secondary N) is 3. The van der Waals surface area contributed by atoms with Crippen LogP contribution in [0.3, 0.4) is 0 Å². The Kier molecular flexibility index (Phi) is 7.77. The number of benzene rings is 2. The summed E-state index contributed by atoms with van der Waals surface area (Å²) in [5.41, 5.74) is 0.712. The Morgan fingerprint density at radius 1 is 0.968 bits per heavy atom. The smallest absolute Gasteiger partial charge is 0.255 e. The summed E-state index contributed by atoms with van der Waals surface area (Å²) in [5.74, 6) is -0.603. The lowest BCUT2D eigenvalue weighted by Crippen LogP contribution is -2.40.